The molecular formula is C20H18N2O3. The highest BCUT2D eigenvalue weighted by atomic mass is 16.5. The van der Waals surface area contributed by atoms with E-state index < -0.39 is 6.10 Å². The van der Waals surface area contributed by atoms with Crippen molar-refractivity contribution in [2.24, 2.45) is 5.10 Å². The van der Waals surface area contributed by atoms with E-state index in [0.29, 0.717) is 11.3 Å². The van der Waals surface area contributed by atoms with E-state index in [0.717, 1.165) is 10.8 Å². The molecule has 0 spiro atoms. The summed E-state index contributed by atoms with van der Waals surface area (Å²) in [6.07, 6.45) is 0.671. The minimum atomic E-state index is -0.715. The quantitative estimate of drug-likeness (QED) is 0.554. The number of carbonyl (C=O) groups excluding carboxylic acids is 1. The van der Waals surface area contributed by atoms with Crippen molar-refractivity contribution in [3.63, 3.8) is 0 Å². The van der Waals surface area contributed by atoms with Gasteiger partial charge in [-0.2, -0.15) is 5.10 Å². The summed E-state index contributed by atoms with van der Waals surface area (Å²) < 4.78 is 5.78. The first kappa shape index (κ1) is 16.5. The van der Waals surface area contributed by atoms with Gasteiger partial charge in [-0.15, -0.1) is 0 Å². The lowest BCUT2D eigenvalue weighted by molar-refractivity contribution is -0.127. The molecule has 0 saturated carbocycles. The number of ether oxygens (including phenoxy) is 1. The average molecular weight is 334 g/mol. The zero-order chi connectivity index (χ0) is 17.6. The first-order valence-electron chi connectivity index (χ1n) is 7.90. The number of phenols is 1. The molecule has 1 atom stereocenters. The standard InChI is InChI=1S/C20H18N2O3/c1-14(20(24)22-21-13-16-8-3-5-11-18(16)23)25-19-12-6-9-15-7-2-4-10-17(15)19/h2-14,23H,1H3,(H,22,24)/b21-13-/t14-/m1/s1. The predicted octanol–water partition coefficient (Wildman–Crippen LogP) is 3.46. The van der Waals surface area contributed by atoms with Gasteiger partial charge in [-0.25, -0.2) is 5.43 Å². The maximum Gasteiger partial charge on any atom is 0.280 e. The molecule has 3 aromatic carbocycles. The number of benzene rings is 3. The molecule has 2 N–H and O–H groups in total. The van der Waals surface area contributed by atoms with Crippen molar-refractivity contribution in [1.29, 1.82) is 0 Å². The molecule has 0 aromatic heterocycles. The topological polar surface area (TPSA) is 70.9 Å². The lowest BCUT2D eigenvalue weighted by Gasteiger charge is -2.14. The maximum atomic E-state index is 12.1. The normalized spacial score (nSPS) is 12.2. The van der Waals surface area contributed by atoms with Crippen molar-refractivity contribution in [3.05, 3.63) is 72.3 Å². The van der Waals surface area contributed by atoms with E-state index in [1.807, 2.05) is 42.5 Å². The summed E-state index contributed by atoms with van der Waals surface area (Å²) in [6.45, 7) is 1.66. The zero-order valence-corrected chi connectivity index (χ0v) is 13.7. The van der Waals surface area contributed by atoms with Crippen LogP contribution in [0.1, 0.15) is 12.5 Å². The van der Waals surface area contributed by atoms with E-state index in [9.17, 15) is 9.90 Å². The van der Waals surface area contributed by atoms with E-state index in [4.69, 9.17) is 4.74 Å². The minimum absolute atomic E-state index is 0.0977. The lowest BCUT2D eigenvalue weighted by atomic mass is 10.1. The summed E-state index contributed by atoms with van der Waals surface area (Å²) >= 11 is 0. The Labute approximate surface area is 145 Å². The number of nitrogens with zero attached hydrogens (tertiary/aromatic N) is 1. The molecule has 3 rings (SSSR count). The van der Waals surface area contributed by atoms with Gasteiger partial charge in [-0.3, -0.25) is 4.79 Å². The Kier molecular flexibility index (Phi) is 4.95. The first-order valence-corrected chi connectivity index (χ1v) is 7.90. The first-order chi connectivity index (χ1) is 12.1. The van der Waals surface area contributed by atoms with Gasteiger partial charge in [-0.05, 0) is 30.5 Å². The van der Waals surface area contributed by atoms with Gasteiger partial charge in [0.2, 0.25) is 0 Å². The number of hydrogen-bond acceptors (Lipinski definition) is 4. The zero-order valence-electron chi connectivity index (χ0n) is 13.7. The fraction of sp³-hybridized carbons (Fsp3) is 0.100. The number of aromatic hydroxyl groups is 1. The number of rotatable bonds is 5. The summed E-state index contributed by atoms with van der Waals surface area (Å²) in [6, 6.07) is 20.3. The molecule has 0 bridgehead atoms. The van der Waals surface area contributed by atoms with E-state index in [1.54, 1.807) is 31.2 Å². The summed E-state index contributed by atoms with van der Waals surface area (Å²) in [5.74, 6) is 0.366. The second-order valence-electron chi connectivity index (χ2n) is 5.53. The SMILES string of the molecule is C[C@@H](Oc1cccc2ccccc12)C(=O)N/N=C\c1ccccc1O. The third-order valence-electron chi connectivity index (χ3n) is 3.74. The minimum Gasteiger partial charge on any atom is -0.507 e. The van der Waals surface area contributed by atoms with Crippen molar-refractivity contribution in [2.45, 2.75) is 13.0 Å². The van der Waals surface area contributed by atoms with Crippen molar-refractivity contribution >= 4 is 22.9 Å². The van der Waals surface area contributed by atoms with Crippen LogP contribution in [0.3, 0.4) is 0 Å². The number of amides is 1. The van der Waals surface area contributed by atoms with E-state index in [2.05, 4.69) is 10.5 Å². The third kappa shape index (κ3) is 3.95. The molecule has 5 heteroatoms. The van der Waals surface area contributed by atoms with Gasteiger partial charge < -0.3 is 9.84 Å². The molecule has 1 amide bonds. The van der Waals surface area contributed by atoms with Crippen LogP contribution < -0.4 is 10.2 Å². The van der Waals surface area contributed by atoms with Crippen LogP contribution in [-0.4, -0.2) is 23.3 Å². The molecule has 25 heavy (non-hydrogen) atoms. The van der Waals surface area contributed by atoms with Gasteiger partial charge in [0.25, 0.3) is 5.91 Å². The van der Waals surface area contributed by atoms with Gasteiger partial charge in [0.05, 0.1) is 6.21 Å². The number of para-hydroxylation sites is 1. The largest absolute Gasteiger partial charge is 0.507 e. The molecule has 126 valence electrons. The average Bonchev–Trinajstić information content (AvgIpc) is 2.63. The Hall–Kier alpha value is -3.34. The van der Waals surface area contributed by atoms with Crippen LogP contribution in [0.5, 0.6) is 11.5 Å². The summed E-state index contributed by atoms with van der Waals surface area (Å²) in [5.41, 5.74) is 2.94. The van der Waals surface area contributed by atoms with Crippen LogP contribution in [0, 0.1) is 0 Å². The van der Waals surface area contributed by atoms with Crippen LogP contribution in [0.2, 0.25) is 0 Å². The van der Waals surface area contributed by atoms with E-state index >= 15 is 0 Å². The Morgan fingerprint density at radius 3 is 2.64 bits per heavy atom. The van der Waals surface area contributed by atoms with Crippen LogP contribution in [0.15, 0.2) is 71.8 Å². The molecule has 0 heterocycles. The number of hydrogen-bond donors (Lipinski definition) is 2. The van der Waals surface area contributed by atoms with Crippen molar-refractivity contribution < 1.29 is 14.6 Å². The molecule has 0 radical (unpaired) electrons. The van der Waals surface area contributed by atoms with Gasteiger partial charge >= 0.3 is 0 Å². The Morgan fingerprint density at radius 1 is 1.08 bits per heavy atom. The number of phenolic OH excluding ortho intramolecular Hbond substituents is 1. The molecule has 3 aromatic rings. The van der Waals surface area contributed by atoms with Gasteiger partial charge in [0, 0.05) is 10.9 Å². The second-order valence-corrected chi connectivity index (χ2v) is 5.53. The number of nitrogens with one attached hydrogen (secondary N) is 1. The third-order valence-corrected chi connectivity index (χ3v) is 3.74. The smallest absolute Gasteiger partial charge is 0.280 e. The fourth-order valence-electron chi connectivity index (χ4n) is 2.40. The van der Waals surface area contributed by atoms with Crippen molar-refractivity contribution in [3.8, 4) is 11.5 Å². The highest BCUT2D eigenvalue weighted by molar-refractivity contribution is 5.89. The summed E-state index contributed by atoms with van der Waals surface area (Å²) in [7, 11) is 0. The monoisotopic (exact) mass is 334 g/mol. The van der Waals surface area contributed by atoms with Crippen LogP contribution in [-0.2, 0) is 4.79 Å². The molecule has 0 fully saturated rings. The maximum absolute atomic E-state index is 12.1. The Balaban J connectivity index is 1.65. The summed E-state index contributed by atoms with van der Waals surface area (Å²) in [4.78, 5) is 12.1. The van der Waals surface area contributed by atoms with Crippen LogP contribution in [0.4, 0.5) is 0 Å². The van der Waals surface area contributed by atoms with Crippen molar-refractivity contribution in [1.82, 2.24) is 5.43 Å². The molecule has 0 saturated heterocycles. The molecule has 0 aliphatic heterocycles. The van der Waals surface area contributed by atoms with E-state index in [1.165, 1.54) is 6.21 Å². The molecule has 0 aliphatic carbocycles. The van der Waals surface area contributed by atoms with Gasteiger partial charge in [-0.1, -0.05) is 48.5 Å². The molecule has 0 unspecified atom stereocenters. The lowest BCUT2D eigenvalue weighted by Crippen LogP contribution is -2.33. The van der Waals surface area contributed by atoms with Gasteiger partial charge in [0.15, 0.2) is 6.10 Å². The van der Waals surface area contributed by atoms with Crippen molar-refractivity contribution in [2.75, 3.05) is 0 Å². The van der Waals surface area contributed by atoms with Gasteiger partial charge in [0.1, 0.15) is 11.5 Å². The second kappa shape index (κ2) is 7.49. The highest BCUT2D eigenvalue weighted by Gasteiger charge is 2.15. The number of fused-ring (bicyclic) bond motifs is 1. The number of carbonyl (C=O) groups is 1. The number of hydrazone groups is 1. The highest BCUT2D eigenvalue weighted by Crippen LogP contribution is 2.26. The molecular weight excluding hydrogens is 316 g/mol. The van der Waals surface area contributed by atoms with Crippen LogP contribution in [0.25, 0.3) is 10.8 Å². The Morgan fingerprint density at radius 2 is 1.80 bits per heavy atom. The molecule has 0 aliphatic rings. The van der Waals surface area contributed by atoms with Crippen LogP contribution >= 0.6 is 0 Å². The fourth-order valence-corrected chi connectivity index (χ4v) is 2.40. The van der Waals surface area contributed by atoms with E-state index in [-0.39, 0.29) is 11.7 Å². The molecule has 5 nitrogen and oxygen atoms in total. The summed E-state index contributed by atoms with van der Waals surface area (Å²) in [5, 5.41) is 15.5. The predicted molar refractivity (Wildman–Crippen MR) is 97.9 cm³/mol. The Bertz CT molecular complexity index is 916.